The molecule has 6 heteroatoms. The quantitative estimate of drug-likeness (QED) is 0.708. The zero-order valence-electron chi connectivity index (χ0n) is 14.3. The number of aromatic nitrogens is 2. The summed E-state index contributed by atoms with van der Waals surface area (Å²) < 4.78 is 5.35. The molecule has 2 aromatic heterocycles. The topological polar surface area (TPSA) is 55.3 Å². The van der Waals surface area contributed by atoms with Gasteiger partial charge in [-0.3, -0.25) is 4.79 Å². The Bertz CT molecular complexity index is 931. The second-order valence-electron chi connectivity index (χ2n) is 6.14. The van der Waals surface area contributed by atoms with Gasteiger partial charge in [-0.15, -0.1) is 11.3 Å². The number of carbonyl (C=O) groups excluding carboxylic acids is 1. The van der Waals surface area contributed by atoms with Gasteiger partial charge in [-0.1, -0.05) is 30.3 Å². The molecular formula is C19H19N3O2S. The van der Waals surface area contributed by atoms with Crippen molar-refractivity contribution in [3.05, 3.63) is 46.5 Å². The minimum absolute atomic E-state index is 0.0736. The van der Waals surface area contributed by atoms with Crippen molar-refractivity contribution in [2.45, 2.75) is 13.8 Å². The van der Waals surface area contributed by atoms with E-state index >= 15 is 0 Å². The highest BCUT2D eigenvalue weighted by molar-refractivity contribution is 7.20. The molecule has 1 aliphatic rings. The van der Waals surface area contributed by atoms with E-state index in [0.29, 0.717) is 32.1 Å². The van der Waals surface area contributed by atoms with Crippen molar-refractivity contribution < 1.29 is 9.53 Å². The number of rotatable bonds is 2. The van der Waals surface area contributed by atoms with Gasteiger partial charge in [0.1, 0.15) is 4.83 Å². The van der Waals surface area contributed by atoms with E-state index < -0.39 is 0 Å². The van der Waals surface area contributed by atoms with Crippen LogP contribution in [0.4, 0.5) is 0 Å². The Hall–Kier alpha value is -2.31. The van der Waals surface area contributed by atoms with Crippen LogP contribution in [0, 0.1) is 13.8 Å². The standard InChI is InChI=1S/C19H19N3O2S/c1-12-15-13(2)20-17(14-6-4-3-5-7-14)21-18(15)25-16(12)19(23)22-8-10-24-11-9-22/h3-7H,8-11H2,1-2H3. The van der Waals surface area contributed by atoms with E-state index in [-0.39, 0.29) is 5.91 Å². The van der Waals surface area contributed by atoms with Crippen molar-refractivity contribution in [2.75, 3.05) is 26.3 Å². The summed E-state index contributed by atoms with van der Waals surface area (Å²) in [4.78, 5) is 25.8. The van der Waals surface area contributed by atoms with Crippen LogP contribution in [0.2, 0.25) is 0 Å². The molecule has 0 radical (unpaired) electrons. The van der Waals surface area contributed by atoms with Crippen LogP contribution in [-0.4, -0.2) is 47.1 Å². The molecule has 0 N–H and O–H groups in total. The summed E-state index contributed by atoms with van der Waals surface area (Å²) in [5, 5.41) is 1.00. The summed E-state index contributed by atoms with van der Waals surface area (Å²) in [6.45, 7) is 6.47. The first kappa shape index (κ1) is 16.2. The van der Waals surface area contributed by atoms with Gasteiger partial charge in [0, 0.05) is 24.0 Å². The summed E-state index contributed by atoms with van der Waals surface area (Å²) in [5.41, 5.74) is 2.88. The van der Waals surface area contributed by atoms with Crippen molar-refractivity contribution in [1.82, 2.24) is 14.9 Å². The Morgan fingerprint density at radius 1 is 1.12 bits per heavy atom. The summed E-state index contributed by atoms with van der Waals surface area (Å²) in [7, 11) is 0. The summed E-state index contributed by atoms with van der Waals surface area (Å²) in [6, 6.07) is 9.93. The van der Waals surface area contributed by atoms with Crippen LogP contribution in [0.5, 0.6) is 0 Å². The lowest BCUT2D eigenvalue weighted by atomic mass is 10.1. The zero-order valence-corrected chi connectivity index (χ0v) is 15.1. The fraction of sp³-hybridized carbons (Fsp3) is 0.316. The predicted molar refractivity (Wildman–Crippen MR) is 99.0 cm³/mol. The highest BCUT2D eigenvalue weighted by Crippen LogP contribution is 2.33. The Morgan fingerprint density at radius 2 is 1.84 bits per heavy atom. The Labute approximate surface area is 150 Å². The first-order valence-corrected chi connectivity index (χ1v) is 9.17. The molecule has 0 bridgehead atoms. The molecule has 1 saturated heterocycles. The first-order chi connectivity index (χ1) is 12.1. The maximum Gasteiger partial charge on any atom is 0.264 e. The van der Waals surface area contributed by atoms with Gasteiger partial charge in [0.15, 0.2) is 5.82 Å². The van der Waals surface area contributed by atoms with E-state index in [2.05, 4.69) is 4.98 Å². The Kier molecular flexibility index (Phi) is 4.23. The molecular weight excluding hydrogens is 334 g/mol. The minimum Gasteiger partial charge on any atom is -0.378 e. The largest absolute Gasteiger partial charge is 0.378 e. The van der Waals surface area contributed by atoms with Crippen LogP contribution < -0.4 is 0 Å². The van der Waals surface area contributed by atoms with Gasteiger partial charge < -0.3 is 9.64 Å². The van der Waals surface area contributed by atoms with Gasteiger partial charge >= 0.3 is 0 Å². The Balaban J connectivity index is 1.79. The third kappa shape index (κ3) is 2.92. The molecule has 0 unspecified atom stereocenters. The van der Waals surface area contributed by atoms with Gasteiger partial charge in [0.2, 0.25) is 0 Å². The number of morpholine rings is 1. The SMILES string of the molecule is Cc1nc(-c2ccccc2)nc2sc(C(=O)N3CCOCC3)c(C)c12. The van der Waals surface area contributed by atoms with Gasteiger partial charge in [0.05, 0.1) is 23.8 Å². The molecule has 25 heavy (non-hydrogen) atoms. The number of hydrogen-bond donors (Lipinski definition) is 0. The van der Waals surface area contributed by atoms with Gasteiger partial charge in [-0.2, -0.15) is 0 Å². The van der Waals surface area contributed by atoms with E-state index in [9.17, 15) is 4.79 Å². The van der Waals surface area contributed by atoms with Crippen molar-refractivity contribution in [2.24, 2.45) is 0 Å². The average molecular weight is 353 g/mol. The van der Waals surface area contributed by atoms with Crippen molar-refractivity contribution in [3.63, 3.8) is 0 Å². The molecule has 0 aliphatic carbocycles. The Morgan fingerprint density at radius 3 is 2.56 bits per heavy atom. The van der Waals surface area contributed by atoms with Crippen molar-refractivity contribution >= 4 is 27.5 Å². The van der Waals surface area contributed by atoms with Crippen LogP contribution in [0.25, 0.3) is 21.6 Å². The monoisotopic (exact) mass is 353 g/mol. The lowest BCUT2D eigenvalue weighted by molar-refractivity contribution is 0.0306. The van der Waals surface area contributed by atoms with E-state index in [4.69, 9.17) is 9.72 Å². The predicted octanol–water partition coefficient (Wildman–Crippen LogP) is 3.45. The van der Waals surface area contributed by atoms with Crippen molar-refractivity contribution in [3.8, 4) is 11.4 Å². The maximum atomic E-state index is 12.9. The normalized spacial score (nSPS) is 14.9. The maximum absolute atomic E-state index is 12.9. The van der Waals surface area contributed by atoms with E-state index in [1.54, 1.807) is 0 Å². The number of hydrogen-bond acceptors (Lipinski definition) is 5. The smallest absolute Gasteiger partial charge is 0.264 e. The van der Waals surface area contributed by atoms with E-state index in [1.807, 2.05) is 49.1 Å². The number of carbonyl (C=O) groups is 1. The van der Waals surface area contributed by atoms with Crippen molar-refractivity contribution in [1.29, 1.82) is 0 Å². The lowest BCUT2D eigenvalue weighted by Gasteiger charge is -2.26. The number of amides is 1. The zero-order chi connectivity index (χ0) is 17.4. The molecule has 5 nitrogen and oxygen atoms in total. The fourth-order valence-electron chi connectivity index (χ4n) is 3.17. The van der Waals surface area contributed by atoms with Crippen LogP contribution in [-0.2, 0) is 4.74 Å². The van der Waals surface area contributed by atoms with Crippen LogP contribution in [0.15, 0.2) is 30.3 Å². The molecule has 1 fully saturated rings. The highest BCUT2D eigenvalue weighted by atomic mass is 32.1. The summed E-state index contributed by atoms with van der Waals surface area (Å²) >= 11 is 1.47. The second kappa shape index (κ2) is 6.54. The molecule has 128 valence electrons. The molecule has 0 spiro atoms. The molecule has 0 saturated carbocycles. The lowest BCUT2D eigenvalue weighted by Crippen LogP contribution is -2.40. The third-order valence-electron chi connectivity index (χ3n) is 4.50. The third-order valence-corrected chi connectivity index (χ3v) is 5.67. The van der Waals surface area contributed by atoms with Gasteiger partial charge in [-0.05, 0) is 19.4 Å². The second-order valence-corrected chi connectivity index (χ2v) is 7.14. The van der Waals surface area contributed by atoms with Crippen LogP contribution in [0.1, 0.15) is 20.9 Å². The number of fused-ring (bicyclic) bond motifs is 1. The summed E-state index contributed by atoms with van der Waals surface area (Å²) in [6.07, 6.45) is 0. The number of nitrogens with zero attached hydrogens (tertiary/aromatic N) is 3. The average Bonchev–Trinajstić information content (AvgIpc) is 2.99. The molecule has 3 heterocycles. The summed E-state index contributed by atoms with van der Waals surface area (Å²) in [5.74, 6) is 0.779. The molecule has 1 aliphatic heterocycles. The number of ether oxygens (including phenoxy) is 1. The molecule has 3 aromatic rings. The fourth-order valence-corrected chi connectivity index (χ4v) is 4.37. The van der Waals surface area contributed by atoms with Crippen LogP contribution in [0.3, 0.4) is 0 Å². The first-order valence-electron chi connectivity index (χ1n) is 8.35. The van der Waals surface area contributed by atoms with Gasteiger partial charge in [-0.25, -0.2) is 9.97 Å². The van der Waals surface area contributed by atoms with E-state index in [1.165, 1.54) is 11.3 Å². The minimum atomic E-state index is 0.0736. The van der Waals surface area contributed by atoms with Gasteiger partial charge in [0.25, 0.3) is 5.91 Å². The van der Waals surface area contributed by atoms with E-state index in [0.717, 1.165) is 31.9 Å². The molecule has 1 amide bonds. The molecule has 1 aromatic carbocycles. The highest BCUT2D eigenvalue weighted by Gasteiger charge is 2.24. The molecule has 4 rings (SSSR count). The number of aryl methyl sites for hydroxylation is 2. The number of thiophene rings is 1. The van der Waals surface area contributed by atoms with Crippen LogP contribution >= 0.6 is 11.3 Å². The molecule has 0 atom stereocenters. The number of benzene rings is 1.